The Labute approximate surface area is 128 Å². The molecule has 1 nitrogen and oxygen atoms in total. The Hall–Kier alpha value is -0.470. The molecule has 3 unspecified atom stereocenters. The molecule has 0 radical (unpaired) electrons. The van der Waals surface area contributed by atoms with Crippen molar-refractivity contribution >= 4 is 11.8 Å². The molecule has 0 aliphatic carbocycles. The van der Waals surface area contributed by atoms with Crippen LogP contribution >= 0.6 is 11.8 Å². The van der Waals surface area contributed by atoms with Crippen LogP contribution in [-0.4, -0.2) is 17.8 Å². The van der Waals surface area contributed by atoms with Crippen LogP contribution in [0.3, 0.4) is 0 Å². The minimum absolute atomic E-state index is 0.624. The molecule has 0 saturated heterocycles. The predicted octanol–water partition coefficient (Wildman–Crippen LogP) is 4.75. The fourth-order valence-corrected chi connectivity index (χ4v) is 4.67. The number of rotatable bonds is 7. The average Bonchev–Trinajstić information content (AvgIpc) is 2.84. The van der Waals surface area contributed by atoms with Gasteiger partial charge in [-0.1, -0.05) is 39.0 Å². The van der Waals surface area contributed by atoms with Gasteiger partial charge in [-0.2, -0.15) is 0 Å². The Morgan fingerprint density at radius 2 is 2.00 bits per heavy atom. The Balaban J connectivity index is 1.93. The lowest BCUT2D eigenvalue weighted by molar-refractivity contribution is 0.272. The maximum absolute atomic E-state index is 3.70. The Bertz CT molecular complexity index is 391. The Morgan fingerprint density at radius 1 is 1.25 bits per heavy atom. The van der Waals surface area contributed by atoms with Gasteiger partial charge in [-0.05, 0) is 56.2 Å². The Morgan fingerprint density at radius 3 is 2.65 bits per heavy atom. The van der Waals surface area contributed by atoms with Gasteiger partial charge in [0.1, 0.15) is 0 Å². The van der Waals surface area contributed by atoms with Gasteiger partial charge in [0, 0.05) is 16.2 Å². The lowest BCUT2D eigenvalue weighted by Gasteiger charge is -2.30. The zero-order valence-electron chi connectivity index (χ0n) is 13.4. The number of thioether (sulfide) groups is 1. The fraction of sp³-hybridized carbons (Fsp3) is 0.667. The highest BCUT2D eigenvalue weighted by molar-refractivity contribution is 8.00. The fourth-order valence-electron chi connectivity index (χ4n) is 3.27. The number of nitrogens with one attached hydrogen (secondary N) is 1. The van der Waals surface area contributed by atoms with Gasteiger partial charge in [0.15, 0.2) is 0 Å². The lowest BCUT2D eigenvalue weighted by Crippen LogP contribution is -2.38. The van der Waals surface area contributed by atoms with Gasteiger partial charge >= 0.3 is 0 Å². The van der Waals surface area contributed by atoms with Crippen LogP contribution in [-0.2, 0) is 6.42 Å². The van der Waals surface area contributed by atoms with Crippen molar-refractivity contribution in [2.45, 2.75) is 63.1 Å². The van der Waals surface area contributed by atoms with Gasteiger partial charge < -0.3 is 5.32 Å². The molecule has 0 fully saturated rings. The molecule has 1 N–H and O–H groups in total. The highest BCUT2D eigenvalue weighted by Gasteiger charge is 2.28. The summed E-state index contributed by atoms with van der Waals surface area (Å²) >= 11 is 2.10. The van der Waals surface area contributed by atoms with Crippen LogP contribution < -0.4 is 5.32 Å². The standard InChI is InChI=1S/C18H29NS/c1-5-10-19-14(4)17(13(2)3)12-16-11-15-8-6-7-9-18(15)20-16/h6-9,13-14,16-17,19H,5,10-12H2,1-4H3. The molecule has 1 aromatic rings. The van der Waals surface area contributed by atoms with Crippen LogP contribution in [0.5, 0.6) is 0 Å². The van der Waals surface area contributed by atoms with Crippen LogP contribution in [0.25, 0.3) is 0 Å². The van der Waals surface area contributed by atoms with Crippen molar-refractivity contribution in [1.82, 2.24) is 5.32 Å². The Kier molecular flexibility index (Phi) is 5.98. The molecule has 2 heteroatoms. The first-order chi connectivity index (χ1) is 9.61. The third kappa shape index (κ3) is 4.02. The van der Waals surface area contributed by atoms with E-state index >= 15 is 0 Å². The topological polar surface area (TPSA) is 12.0 Å². The molecule has 20 heavy (non-hydrogen) atoms. The molecule has 0 aromatic heterocycles. The van der Waals surface area contributed by atoms with E-state index in [0.29, 0.717) is 6.04 Å². The summed E-state index contributed by atoms with van der Waals surface area (Å²) in [5.74, 6) is 1.52. The van der Waals surface area contributed by atoms with E-state index < -0.39 is 0 Å². The number of fused-ring (bicyclic) bond motifs is 1. The summed E-state index contributed by atoms with van der Waals surface area (Å²) in [4.78, 5) is 1.51. The van der Waals surface area contributed by atoms with Crippen molar-refractivity contribution in [1.29, 1.82) is 0 Å². The smallest absolute Gasteiger partial charge is 0.0139 e. The number of benzene rings is 1. The molecular weight excluding hydrogens is 262 g/mol. The van der Waals surface area contributed by atoms with Gasteiger partial charge in [0.05, 0.1) is 0 Å². The molecule has 0 bridgehead atoms. The van der Waals surface area contributed by atoms with E-state index in [1.54, 1.807) is 5.56 Å². The molecule has 1 heterocycles. The summed E-state index contributed by atoms with van der Waals surface area (Å²) in [5.41, 5.74) is 1.55. The second-order valence-corrected chi connectivity index (χ2v) is 7.78. The average molecular weight is 292 g/mol. The van der Waals surface area contributed by atoms with Crippen LogP contribution in [0.2, 0.25) is 0 Å². The normalized spacial score (nSPS) is 20.9. The zero-order chi connectivity index (χ0) is 14.5. The van der Waals surface area contributed by atoms with Crippen molar-refractivity contribution in [3.8, 4) is 0 Å². The quantitative estimate of drug-likeness (QED) is 0.778. The molecule has 112 valence electrons. The molecule has 1 aliphatic heterocycles. The predicted molar refractivity (Wildman–Crippen MR) is 90.5 cm³/mol. The zero-order valence-corrected chi connectivity index (χ0v) is 14.2. The number of hydrogen-bond acceptors (Lipinski definition) is 2. The van der Waals surface area contributed by atoms with E-state index in [1.807, 2.05) is 0 Å². The molecule has 1 aromatic carbocycles. The summed E-state index contributed by atoms with van der Waals surface area (Å²) in [6.45, 7) is 10.5. The van der Waals surface area contributed by atoms with Crippen LogP contribution in [0.4, 0.5) is 0 Å². The molecule has 3 atom stereocenters. The first kappa shape index (κ1) is 15.9. The first-order valence-electron chi connectivity index (χ1n) is 8.09. The minimum atomic E-state index is 0.624. The highest BCUT2D eigenvalue weighted by atomic mass is 32.2. The maximum atomic E-state index is 3.70. The van der Waals surface area contributed by atoms with Crippen LogP contribution in [0.1, 0.15) is 46.1 Å². The van der Waals surface area contributed by atoms with Crippen molar-refractivity contribution in [3.63, 3.8) is 0 Å². The van der Waals surface area contributed by atoms with Gasteiger partial charge in [-0.15, -0.1) is 11.8 Å². The van der Waals surface area contributed by atoms with Crippen molar-refractivity contribution < 1.29 is 0 Å². The maximum Gasteiger partial charge on any atom is 0.0139 e. The van der Waals surface area contributed by atoms with E-state index in [9.17, 15) is 0 Å². The molecular formula is C18H29NS. The molecule has 0 spiro atoms. The van der Waals surface area contributed by atoms with Crippen LogP contribution in [0, 0.1) is 11.8 Å². The summed E-state index contributed by atoms with van der Waals surface area (Å²) in [6.07, 6.45) is 3.80. The summed E-state index contributed by atoms with van der Waals surface area (Å²) in [5, 5.41) is 4.47. The van der Waals surface area contributed by atoms with Crippen molar-refractivity contribution in [3.05, 3.63) is 29.8 Å². The lowest BCUT2D eigenvalue weighted by atomic mass is 9.84. The van der Waals surface area contributed by atoms with E-state index in [0.717, 1.165) is 23.6 Å². The molecule has 1 aliphatic rings. The van der Waals surface area contributed by atoms with E-state index in [2.05, 4.69) is 69.0 Å². The third-order valence-corrected chi connectivity index (χ3v) is 5.81. The first-order valence-corrected chi connectivity index (χ1v) is 8.97. The van der Waals surface area contributed by atoms with Crippen LogP contribution in [0.15, 0.2) is 29.2 Å². The SMILES string of the molecule is CCCNC(C)C(CC1Cc2ccccc2S1)C(C)C. The largest absolute Gasteiger partial charge is 0.314 e. The molecule has 0 amide bonds. The minimum Gasteiger partial charge on any atom is -0.314 e. The number of hydrogen-bond donors (Lipinski definition) is 1. The molecule has 2 rings (SSSR count). The third-order valence-electron chi connectivity index (χ3n) is 4.46. The molecule has 0 saturated carbocycles. The van der Waals surface area contributed by atoms with Gasteiger partial charge in [0.25, 0.3) is 0 Å². The van der Waals surface area contributed by atoms with Gasteiger partial charge in [0.2, 0.25) is 0 Å². The monoisotopic (exact) mass is 291 g/mol. The highest BCUT2D eigenvalue weighted by Crippen LogP contribution is 2.41. The second kappa shape index (κ2) is 7.51. The summed E-state index contributed by atoms with van der Waals surface area (Å²) in [6, 6.07) is 9.54. The van der Waals surface area contributed by atoms with Crippen molar-refractivity contribution in [2.75, 3.05) is 6.54 Å². The van der Waals surface area contributed by atoms with E-state index in [-0.39, 0.29) is 0 Å². The van der Waals surface area contributed by atoms with E-state index in [4.69, 9.17) is 0 Å². The van der Waals surface area contributed by atoms with Crippen molar-refractivity contribution in [2.24, 2.45) is 11.8 Å². The van der Waals surface area contributed by atoms with Gasteiger partial charge in [-0.25, -0.2) is 0 Å². The summed E-state index contributed by atoms with van der Waals surface area (Å²) in [7, 11) is 0. The second-order valence-electron chi connectivity index (χ2n) is 6.44. The van der Waals surface area contributed by atoms with Gasteiger partial charge in [-0.3, -0.25) is 0 Å². The summed E-state index contributed by atoms with van der Waals surface area (Å²) < 4.78 is 0. The van der Waals surface area contributed by atoms with E-state index in [1.165, 1.54) is 24.2 Å².